The number of hydrogen-bond acceptors (Lipinski definition) is 6. The molecule has 8 heteroatoms. The molecule has 0 fully saturated rings. The Morgan fingerprint density at radius 3 is 1.80 bits per heavy atom. The Morgan fingerprint density at radius 1 is 0.683 bits per heavy atom. The van der Waals surface area contributed by atoms with Crippen molar-refractivity contribution in [3.05, 3.63) is 102 Å². The highest BCUT2D eigenvalue weighted by Gasteiger charge is 2.13. The summed E-state index contributed by atoms with van der Waals surface area (Å²) in [6.07, 6.45) is 0.896. The summed E-state index contributed by atoms with van der Waals surface area (Å²) in [5.41, 5.74) is 5.98. The van der Waals surface area contributed by atoms with Crippen LogP contribution in [0.1, 0.15) is 30.0 Å². The number of aliphatic carboxylic acids is 1. The van der Waals surface area contributed by atoms with Crippen LogP contribution >= 0.6 is 0 Å². The van der Waals surface area contributed by atoms with Crippen molar-refractivity contribution in [1.82, 2.24) is 4.90 Å². The second-order valence-corrected chi connectivity index (χ2v) is 9.24. The molecule has 1 amide bonds. The standard InChI is InChI=1S/C33H39NO7/c1-3-30(26-10-6-4-7-11-26)33(27-12-8-5-9-13-27)28-14-16-29(17-15-28)41-19-18-34(2)31(35)24-39-22-20-38-21-23-40-25-32(36)37/h4-17H,3,18-25H2,1-2H3,(H,36,37)/b33-30-. The number of nitrogens with zero attached hydrogens (tertiary/aromatic N) is 1. The van der Waals surface area contributed by atoms with Gasteiger partial charge in [0.1, 0.15) is 25.6 Å². The number of allylic oxidation sites excluding steroid dienone is 1. The molecule has 0 aliphatic heterocycles. The number of carbonyl (C=O) groups is 2. The minimum Gasteiger partial charge on any atom is -0.492 e. The lowest BCUT2D eigenvalue weighted by molar-refractivity contribution is -0.142. The molecule has 3 aromatic carbocycles. The molecule has 218 valence electrons. The molecule has 0 aliphatic rings. The maximum atomic E-state index is 12.3. The molecule has 0 saturated carbocycles. The number of carboxylic acid groups (broad SMARTS) is 1. The summed E-state index contributed by atoms with van der Waals surface area (Å²) in [6.45, 7) is 3.55. The van der Waals surface area contributed by atoms with Gasteiger partial charge in [0.2, 0.25) is 5.91 Å². The molecular formula is C33H39NO7. The zero-order valence-electron chi connectivity index (χ0n) is 23.8. The number of hydrogen-bond donors (Lipinski definition) is 1. The molecule has 0 unspecified atom stereocenters. The monoisotopic (exact) mass is 561 g/mol. The fourth-order valence-corrected chi connectivity index (χ4v) is 4.19. The van der Waals surface area contributed by atoms with E-state index in [4.69, 9.17) is 24.1 Å². The summed E-state index contributed by atoms with van der Waals surface area (Å²) in [5, 5.41) is 8.49. The fourth-order valence-electron chi connectivity index (χ4n) is 4.19. The lowest BCUT2D eigenvalue weighted by atomic mass is 9.88. The third kappa shape index (κ3) is 10.8. The van der Waals surface area contributed by atoms with E-state index in [-0.39, 0.29) is 38.9 Å². The van der Waals surface area contributed by atoms with Crippen LogP contribution in [0.25, 0.3) is 11.1 Å². The van der Waals surface area contributed by atoms with Crippen molar-refractivity contribution in [2.24, 2.45) is 0 Å². The molecule has 0 heterocycles. The molecule has 0 atom stereocenters. The first kappa shape index (κ1) is 31.5. The number of carbonyl (C=O) groups excluding carboxylic acids is 1. The van der Waals surface area contributed by atoms with Crippen LogP contribution in [0.5, 0.6) is 5.75 Å². The molecule has 0 saturated heterocycles. The van der Waals surface area contributed by atoms with Gasteiger partial charge in [-0.05, 0) is 46.4 Å². The first-order valence-electron chi connectivity index (χ1n) is 13.8. The topological polar surface area (TPSA) is 94.5 Å². The van der Waals surface area contributed by atoms with Gasteiger partial charge in [-0.2, -0.15) is 0 Å². The maximum absolute atomic E-state index is 12.3. The van der Waals surface area contributed by atoms with E-state index in [2.05, 4.69) is 67.6 Å². The SMILES string of the molecule is CC/C(=C(\c1ccccc1)c1ccc(OCCN(C)C(=O)COCCOCCOCC(=O)O)cc1)c1ccccc1. The summed E-state index contributed by atoms with van der Waals surface area (Å²) in [5.74, 6) is -0.436. The van der Waals surface area contributed by atoms with Crippen LogP contribution in [0.4, 0.5) is 0 Å². The first-order chi connectivity index (χ1) is 20.0. The summed E-state index contributed by atoms with van der Waals surface area (Å²) < 4.78 is 21.4. The molecule has 1 N–H and O–H groups in total. The van der Waals surface area contributed by atoms with Gasteiger partial charge in [0.25, 0.3) is 0 Å². The number of likely N-dealkylation sites (N-methyl/N-ethyl adjacent to an activating group) is 1. The van der Waals surface area contributed by atoms with Gasteiger partial charge in [0, 0.05) is 7.05 Å². The van der Waals surface area contributed by atoms with E-state index in [9.17, 15) is 9.59 Å². The Morgan fingerprint density at radius 2 is 1.22 bits per heavy atom. The Balaban J connectivity index is 1.47. The molecule has 3 aromatic rings. The van der Waals surface area contributed by atoms with Crippen LogP contribution in [-0.2, 0) is 23.8 Å². The Kier molecular flexibility index (Phi) is 13.6. The summed E-state index contributed by atoms with van der Waals surface area (Å²) in [7, 11) is 1.71. The van der Waals surface area contributed by atoms with E-state index >= 15 is 0 Å². The Hall–Kier alpha value is -3.98. The van der Waals surface area contributed by atoms with Crippen LogP contribution in [-0.4, -0.2) is 81.7 Å². The van der Waals surface area contributed by atoms with E-state index in [1.807, 2.05) is 24.3 Å². The molecule has 8 nitrogen and oxygen atoms in total. The van der Waals surface area contributed by atoms with Crippen molar-refractivity contribution < 1.29 is 33.6 Å². The number of ether oxygens (including phenoxy) is 4. The summed E-state index contributed by atoms with van der Waals surface area (Å²) in [4.78, 5) is 24.2. The summed E-state index contributed by atoms with van der Waals surface area (Å²) in [6, 6.07) is 29.0. The van der Waals surface area contributed by atoms with E-state index in [1.54, 1.807) is 11.9 Å². The number of amides is 1. The van der Waals surface area contributed by atoms with Crippen molar-refractivity contribution in [2.75, 3.05) is 59.8 Å². The minimum absolute atomic E-state index is 0.0557. The van der Waals surface area contributed by atoms with Gasteiger partial charge in [-0.15, -0.1) is 0 Å². The third-order valence-corrected chi connectivity index (χ3v) is 6.30. The quantitative estimate of drug-likeness (QED) is 0.172. The van der Waals surface area contributed by atoms with Crippen molar-refractivity contribution in [3.8, 4) is 5.75 Å². The number of carboxylic acids is 1. The van der Waals surface area contributed by atoms with Crippen molar-refractivity contribution in [3.63, 3.8) is 0 Å². The molecule has 0 aliphatic carbocycles. The molecular weight excluding hydrogens is 522 g/mol. The average Bonchev–Trinajstić information content (AvgIpc) is 3.00. The second-order valence-electron chi connectivity index (χ2n) is 9.24. The van der Waals surface area contributed by atoms with Gasteiger partial charge in [-0.1, -0.05) is 79.7 Å². The van der Waals surface area contributed by atoms with Crippen molar-refractivity contribution in [1.29, 1.82) is 0 Å². The van der Waals surface area contributed by atoms with E-state index in [0.717, 1.165) is 17.7 Å². The Bertz CT molecular complexity index is 1230. The van der Waals surface area contributed by atoms with Gasteiger partial charge in [-0.3, -0.25) is 4.79 Å². The van der Waals surface area contributed by atoms with Gasteiger partial charge in [0.15, 0.2) is 0 Å². The average molecular weight is 562 g/mol. The van der Waals surface area contributed by atoms with Crippen LogP contribution in [0.3, 0.4) is 0 Å². The molecule has 3 rings (SSSR count). The minimum atomic E-state index is -1.02. The van der Waals surface area contributed by atoms with Crippen LogP contribution in [0.15, 0.2) is 84.9 Å². The zero-order chi connectivity index (χ0) is 29.3. The molecule has 0 bridgehead atoms. The highest BCUT2D eigenvalue weighted by Crippen LogP contribution is 2.34. The first-order valence-corrected chi connectivity index (χ1v) is 13.8. The smallest absolute Gasteiger partial charge is 0.329 e. The van der Waals surface area contributed by atoms with Gasteiger partial charge in [0.05, 0.1) is 33.0 Å². The predicted octanol–water partition coefficient (Wildman–Crippen LogP) is 5.03. The van der Waals surface area contributed by atoms with E-state index in [1.165, 1.54) is 22.3 Å². The van der Waals surface area contributed by atoms with Gasteiger partial charge < -0.3 is 29.0 Å². The highest BCUT2D eigenvalue weighted by atomic mass is 16.5. The van der Waals surface area contributed by atoms with Crippen LogP contribution < -0.4 is 4.74 Å². The van der Waals surface area contributed by atoms with Crippen LogP contribution in [0, 0.1) is 0 Å². The fraction of sp³-hybridized carbons (Fsp3) is 0.333. The van der Waals surface area contributed by atoms with Crippen LogP contribution in [0.2, 0.25) is 0 Å². The van der Waals surface area contributed by atoms with E-state index in [0.29, 0.717) is 19.8 Å². The van der Waals surface area contributed by atoms with E-state index < -0.39 is 5.97 Å². The van der Waals surface area contributed by atoms with Crippen molar-refractivity contribution in [2.45, 2.75) is 13.3 Å². The van der Waals surface area contributed by atoms with Crippen molar-refractivity contribution >= 4 is 23.0 Å². The third-order valence-electron chi connectivity index (χ3n) is 6.30. The zero-order valence-corrected chi connectivity index (χ0v) is 23.8. The predicted molar refractivity (Wildman–Crippen MR) is 159 cm³/mol. The normalized spacial score (nSPS) is 11.6. The Labute approximate surface area is 242 Å². The lowest BCUT2D eigenvalue weighted by Gasteiger charge is -2.18. The van der Waals surface area contributed by atoms with Gasteiger partial charge in [-0.25, -0.2) is 4.79 Å². The maximum Gasteiger partial charge on any atom is 0.329 e. The molecule has 0 aromatic heterocycles. The lowest BCUT2D eigenvalue weighted by Crippen LogP contribution is -2.34. The second kappa shape index (κ2) is 17.7. The number of benzene rings is 3. The number of rotatable bonds is 18. The highest BCUT2D eigenvalue weighted by molar-refractivity contribution is 5.98. The molecule has 0 spiro atoms. The summed E-state index contributed by atoms with van der Waals surface area (Å²) >= 11 is 0. The molecule has 41 heavy (non-hydrogen) atoms. The largest absolute Gasteiger partial charge is 0.492 e. The van der Waals surface area contributed by atoms with Gasteiger partial charge >= 0.3 is 5.97 Å². The molecule has 0 radical (unpaired) electrons.